The number of carbonyl (C=O) groups excluding carboxylic acids is 1. The lowest BCUT2D eigenvalue weighted by Crippen LogP contribution is -2.40. The molecule has 0 aromatic heterocycles. The molecular weight excluding hydrogens is 257 g/mol. The van der Waals surface area contributed by atoms with Gasteiger partial charge in [0.2, 0.25) is 5.82 Å². The molecular formula is C11H8F5NO. The van der Waals surface area contributed by atoms with Crippen molar-refractivity contribution in [2.45, 2.75) is 25.3 Å². The quantitative estimate of drug-likeness (QED) is 0.497. The third-order valence-corrected chi connectivity index (χ3v) is 2.88. The summed E-state index contributed by atoms with van der Waals surface area (Å²) in [6.45, 7) is 0. The number of benzene rings is 1. The van der Waals surface area contributed by atoms with E-state index in [1.807, 2.05) is 0 Å². The Morgan fingerprint density at radius 1 is 0.889 bits per heavy atom. The van der Waals surface area contributed by atoms with Crippen molar-refractivity contribution in [3.8, 4) is 0 Å². The lowest BCUT2D eigenvalue weighted by atomic mass is 9.93. The summed E-state index contributed by atoms with van der Waals surface area (Å²) >= 11 is 0. The van der Waals surface area contributed by atoms with E-state index in [1.165, 1.54) is 0 Å². The van der Waals surface area contributed by atoms with Crippen LogP contribution in [-0.2, 0) is 0 Å². The normalized spacial score (nSPS) is 15.4. The first kappa shape index (κ1) is 12.8. The topological polar surface area (TPSA) is 29.1 Å². The van der Waals surface area contributed by atoms with Gasteiger partial charge < -0.3 is 5.32 Å². The third-order valence-electron chi connectivity index (χ3n) is 2.88. The first-order chi connectivity index (χ1) is 8.43. The minimum absolute atomic E-state index is 0.271. The Balaban J connectivity index is 2.40. The predicted octanol–water partition coefficient (Wildman–Crippen LogP) is 2.66. The van der Waals surface area contributed by atoms with Gasteiger partial charge in [0.15, 0.2) is 23.3 Å². The second-order valence-corrected chi connectivity index (χ2v) is 4.05. The summed E-state index contributed by atoms with van der Waals surface area (Å²) in [6, 6.07) is -0.271. The average Bonchev–Trinajstić information content (AvgIpc) is 2.29. The van der Waals surface area contributed by atoms with Crippen LogP contribution in [0.1, 0.15) is 29.6 Å². The summed E-state index contributed by atoms with van der Waals surface area (Å²) in [5.74, 6) is -12.0. The van der Waals surface area contributed by atoms with Crippen LogP contribution in [0.5, 0.6) is 0 Å². The number of nitrogens with one attached hydrogen (secondary N) is 1. The second kappa shape index (κ2) is 4.55. The Kier molecular flexibility index (Phi) is 3.23. The van der Waals surface area contributed by atoms with E-state index in [0.29, 0.717) is 12.8 Å². The van der Waals surface area contributed by atoms with Crippen molar-refractivity contribution in [1.82, 2.24) is 5.32 Å². The van der Waals surface area contributed by atoms with Crippen molar-refractivity contribution in [3.05, 3.63) is 34.6 Å². The zero-order valence-corrected chi connectivity index (χ0v) is 9.00. The van der Waals surface area contributed by atoms with E-state index in [4.69, 9.17) is 0 Å². The van der Waals surface area contributed by atoms with Crippen molar-refractivity contribution in [2.24, 2.45) is 0 Å². The summed E-state index contributed by atoms with van der Waals surface area (Å²) in [5, 5.41) is 2.21. The molecule has 0 bridgehead atoms. The molecule has 1 fully saturated rings. The molecule has 0 atom stereocenters. The summed E-state index contributed by atoms with van der Waals surface area (Å²) in [4.78, 5) is 11.5. The van der Waals surface area contributed by atoms with Crippen LogP contribution in [0.4, 0.5) is 22.0 Å². The SMILES string of the molecule is O=C(NC1CCC1)c1c(F)c(F)c(F)c(F)c1F. The van der Waals surface area contributed by atoms with Gasteiger partial charge in [0.05, 0.1) is 0 Å². The molecule has 2 nitrogen and oxygen atoms in total. The molecule has 1 aliphatic carbocycles. The van der Waals surface area contributed by atoms with Crippen molar-refractivity contribution >= 4 is 5.91 Å². The van der Waals surface area contributed by atoms with Crippen molar-refractivity contribution < 1.29 is 26.7 Å². The Morgan fingerprint density at radius 3 is 1.72 bits per heavy atom. The van der Waals surface area contributed by atoms with Gasteiger partial charge in [-0.2, -0.15) is 0 Å². The molecule has 0 saturated heterocycles. The van der Waals surface area contributed by atoms with Gasteiger partial charge in [0.1, 0.15) is 5.56 Å². The van der Waals surface area contributed by atoms with E-state index < -0.39 is 40.6 Å². The van der Waals surface area contributed by atoms with Crippen LogP contribution in [0, 0.1) is 29.1 Å². The highest BCUT2D eigenvalue weighted by Crippen LogP contribution is 2.24. The summed E-state index contributed by atoms with van der Waals surface area (Å²) in [5.41, 5.74) is -1.43. The predicted molar refractivity (Wildman–Crippen MR) is 51.3 cm³/mol. The monoisotopic (exact) mass is 265 g/mol. The second-order valence-electron chi connectivity index (χ2n) is 4.05. The maximum Gasteiger partial charge on any atom is 0.257 e. The summed E-state index contributed by atoms with van der Waals surface area (Å²) in [6.07, 6.45) is 2.10. The lowest BCUT2D eigenvalue weighted by molar-refractivity contribution is 0.0905. The molecule has 98 valence electrons. The van der Waals surface area contributed by atoms with Gasteiger partial charge >= 0.3 is 0 Å². The zero-order valence-electron chi connectivity index (χ0n) is 9.00. The summed E-state index contributed by atoms with van der Waals surface area (Å²) < 4.78 is 64.9. The smallest absolute Gasteiger partial charge is 0.257 e. The Morgan fingerprint density at radius 2 is 1.33 bits per heavy atom. The Hall–Kier alpha value is -1.66. The summed E-state index contributed by atoms with van der Waals surface area (Å²) in [7, 11) is 0. The molecule has 1 amide bonds. The molecule has 18 heavy (non-hydrogen) atoms. The van der Waals surface area contributed by atoms with Crippen LogP contribution in [0.2, 0.25) is 0 Å². The number of rotatable bonds is 2. The van der Waals surface area contributed by atoms with Crippen molar-refractivity contribution in [3.63, 3.8) is 0 Å². The minimum atomic E-state index is -2.27. The van der Waals surface area contributed by atoms with Crippen LogP contribution in [0.15, 0.2) is 0 Å². The fourth-order valence-electron chi connectivity index (χ4n) is 1.61. The fraction of sp³-hybridized carbons (Fsp3) is 0.364. The Labute approximate surface area is 98.8 Å². The van der Waals surface area contributed by atoms with Crippen LogP contribution in [-0.4, -0.2) is 11.9 Å². The van der Waals surface area contributed by atoms with Crippen LogP contribution in [0.3, 0.4) is 0 Å². The fourth-order valence-corrected chi connectivity index (χ4v) is 1.61. The first-order valence-corrected chi connectivity index (χ1v) is 5.25. The number of carbonyl (C=O) groups is 1. The van der Waals surface area contributed by atoms with Crippen LogP contribution >= 0.6 is 0 Å². The molecule has 0 aliphatic heterocycles. The number of hydrogen-bond acceptors (Lipinski definition) is 1. The van der Waals surface area contributed by atoms with E-state index in [9.17, 15) is 26.7 Å². The molecule has 0 spiro atoms. The van der Waals surface area contributed by atoms with Crippen LogP contribution < -0.4 is 5.32 Å². The Bertz CT molecular complexity index is 484. The highest BCUT2D eigenvalue weighted by atomic mass is 19.2. The van der Waals surface area contributed by atoms with Crippen LogP contribution in [0.25, 0.3) is 0 Å². The maximum atomic E-state index is 13.2. The van der Waals surface area contributed by atoms with Gasteiger partial charge in [0.25, 0.3) is 5.91 Å². The number of hydrogen-bond donors (Lipinski definition) is 1. The van der Waals surface area contributed by atoms with E-state index in [0.717, 1.165) is 6.42 Å². The van der Waals surface area contributed by atoms with E-state index in [1.54, 1.807) is 0 Å². The van der Waals surface area contributed by atoms with E-state index >= 15 is 0 Å². The van der Waals surface area contributed by atoms with Gasteiger partial charge in [-0.25, -0.2) is 22.0 Å². The number of amides is 1. The first-order valence-electron chi connectivity index (χ1n) is 5.25. The molecule has 0 heterocycles. The zero-order chi connectivity index (χ0) is 13.4. The minimum Gasteiger partial charge on any atom is -0.349 e. The van der Waals surface area contributed by atoms with Gasteiger partial charge in [-0.1, -0.05) is 0 Å². The molecule has 0 unspecified atom stereocenters. The van der Waals surface area contributed by atoms with E-state index in [-0.39, 0.29) is 6.04 Å². The molecule has 1 aromatic rings. The molecule has 2 rings (SSSR count). The molecule has 1 aromatic carbocycles. The average molecular weight is 265 g/mol. The largest absolute Gasteiger partial charge is 0.349 e. The van der Waals surface area contributed by atoms with Gasteiger partial charge in [-0.15, -0.1) is 0 Å². The van der Waals surface area contributed by atoms with Gasteiger partial charge in [-0.05, 0) is 19.3 Å². The molecule has 0 radical (unpaired) electrons. The molecule has 1 aliphatic rings. The van der Waals surface area contributed by atoms with Gasteiger partial charge in [-0.3, -0.25) is 4.79 Å². The molecule has 7 heteroatoms. The number of halogens is 5. The lowest BCUT2D eigenvalue weighted by Gasteiger charge is -2.26. The highest BCUT2D eigenvalue weighted by Gasteiger charge is 2.31. The standard InChI is InChI=1S/C11H8F5NO/c12-6-5(11(18)17-4-2-1-3-4)7(13)9(15)10(16)8(6)14/h4H,1-3H2,(H,17,18). The highest BCUT2D eigenvalue weighted by molar-refractivity contribution is 5.95. The molecule has 1 N–H and O–H groups in total. The van der Waals surface area contributed by atoms with Crippen molar-refractivity contribution in [1.29, 1.82) is 0 Å². The molecule has 1 saturated carbocycles. The van der Waals surface area contributed by atoms with E-state index in [2.05, 4.69) is 5.32 Å². The van der Waals surface area contributed by atoms with Crippen molar-refractivity contribution in [2.75, 3.05) is 0 Å². The van der Waals surface area contributed by atoms with Gasteiger partial charge in [0, 0.05) is 6.04 Å². The maximum absolute atomic E-state index is 13.2. The third kappa shape index (κ3) is 1.93.